The summed E-state index contributed by atoms with van der Waals surface area (Å²) in [6.45, 7) is 1.83. The third kappa shape index (κ3) is 6.60. The molecule has 2 aromatic carbocycles. The summed E-state index contributed by atoms with van der Waals surface area (Å²) in [5.41, 5.74) is 0.797. The van der Waals surface area contributed by atoms with Crippen LogP contribution in [0.3, 0.4) is 0 Å². The van der Waals surface area contributed by atoms with Gasteiger partial charge in [-0.2, -0.15) is 0 Å². The third-order valence-electron chi connectivity index (χ3n) is 3.26. The molecule has 6 heteroatoms. The maximum atomic E-state index is 11.8. The molecule has 0 aromatic heterocycles. The van der Waals surface area contributed by atoms with E-state index in [1.807, 2.05) is 48.5 Å². The number of halogens is 1. The van der Waals surface area contributed by atoms with Crippen LogP contribution in [0.15, 0.2) is 53.0 Å². The van der Waals surface area contributed by atoms with E-state index >= 15 is 0 Å². The summed E-state index contributed by atoms with van der Waals surface area (Å²) < 4.78 is 11.7. The standard InChI is InChI=1S/C18H21BrN2O3/c1-23-16-6-8-17(9-7-16)24-13-12-20-11-10-18(22)21-15-4-2-14(19)3-5-15/h2-9,20H,10-13H2,1H3,(H,21,22). The Bertz CT molecular complexity index is 630. The molecule has 0 radical (unpaired) electrons. The van der Waals surface area contributed by atoms with Gasteiger partial charge in [0.05, 0.1) is 7.11 Å². The van der Waals surface area contributed by atoms with Crippen molar-refractivity contribution in [1.29, 1.82) is 0 Å². The predicted octanol–water partition coefficient (Wildman–Crippen LogP) is 3.45. The number of hydrogen-bond donors (Lipinski definition) is 2. The summed E-state index contributed by atoms with van der Waals surface area (Å²) in [5, 5.41) is 6.04. The van der Waals surface area contributed by atoms with Gasteiger partial charge in [0, 0.05) is 29.7 Å². The van der Waals surface area contributed by atoms with Gasteiger partial charge in [-0.3, -0.25) is 4.79 Å². The van der Waals surface area contributed by atoms with Gasteiger partial charge in [-0.05, 0) is 48.5 Å². The SMILES string of the molecule is COc1ccc(OCCNCCC(=O)Nc2ccc(Br)cc2)cc1. The second kappa shape index (κ2) is 9.95. The van der Waals surface area contributed by atoms with Gasteiger partial charge in [0.15, 0.2) is 0 Å². The maximum Gasteiger partial charge on any atom is 0.225 e. The predicted molar refractivity (Wildman–Crippen MR) is 98.7 cm³/mol. The van der Waals surface area contributed by atoms with E-state index in [0.717, 1.165) is 21.7 Å². The van der Waals surface area contributed by atoms with Gasteiger partial charge in [-0.15, -0.1) is 0 Å². The number of methoxy groups -OCH3 is 1. The van der Waals surface area contributed by atoms with Crippen molar-refractivity contribution in [3.63, 3.8) is 0 Å². The van der Waals surface area contributed by atoms with Crippen molar-refractivity contribution in [2.75, 3.05) is 32.1 Å². The molecule has 0 aliphatic carbocycles. The molecular formula is C18H21BrN2O3. The highest BCUT2D eigenvalue weighted by Gasteiger charge is 2.02. The zero-order valence-electron chi connectivity index (χ0n) is 13.5. The molecule has 0 unspecified atom stereocenters. The summed E-state index contributed by atoms with van der Waals surface area (Å²) in [4.78, 5) is 11.8. The first-order valence-electron chi connectivity index (χ1n) is 7.70. The minimum Gasteiger partial charge on any atom is -0.497 e. The van der Waals surface area contributed by atoms with Crippen LogP contribution < -0.4 is 20.1 Å². The molecule has 2 N–H and O–H groups in total. The summed E-state index contributed by atoms with van der Waals surface area (Å²) in [6.07, 6.45) is 0.415. The van der Waals surface area contributed by atoms with Crippen LogP contribution in [0.25, 0.3) is 0 Å². The van der Waals surface area contributed by atoms with E-state index in [4.69, 9.17) is 9.47 Å². The van der Waals surface area contributed by atoms with Crippen LogP contribution in [0.2, 0.25) is 0 Å². The van der Waals surface area contributed by atoms with Crippen molar-refractivity contribution in [3.8, 4) is 11.5 Å². The van der Waals surface area contributed by atoms with Crippen LogP contribution in [-0.2, 0) is 4.79 Å². The Labute approximate surface area is 150 Å². The molecule has 0 atom stereocenters. The molecule has 24 heavy (non-hydrogen) atoms. The molecule has 0 saturated heterocycles. The molecule has 0 saturated carbocycles. The minimum atomic E-state index is -0.0131. The first kappa shape index (κ1) is 18.3. The van der Waals surface area contributed by atoms with Gasteiger partial charge >= 0.3 is 0 Å². The van der Waals surface area contributed by atoms with Crippen LogP contribution in [0, 0.1) is 0 Å². The number of ether oxygens (including phenoxy) is 2. The first-order valence-corrected chi connectivity index (χ1v) is 8.49. The Balaban J connectivity index is 1.55. The number of carbonyl (C=O) groups is 1. The van der Waals surface area contributed by atoms with E-state index in [1.165, 1.54) is 0 Å². The van der Waals surface area contributed by atoms with Crippen molar-refractivity contribution in [1.82, 2.24) is 5.32 Å². The lowest BCUT2D eigenvalue weighted by Gasteiger charge is -2.09. The molecule has 1 amide bonds. The Morgan fingerprint density at radius 2 is 1.67 bits per heavy atom. The Kier molecular flexibility index (Phi) is 7.58. The van der Waals surface area contributed by atoms with Crippen LogP contribution in [0.5, 0.6) is 11.5 Å². The highest BCUT2D eigenvalue weighted by atomic mass is 79.9. The molecule has 0 fully saturated rings. The molecule has 0 spiro atoms. The molecule has 0 heterocycles. The molecule has 0 aliphatic rings. The summed E-state index contributed by atoms with van der Waals surface area (Å²) >= 11 is 3.36. The average Bonchev–Trinajstić information content (AvgIpc) is 2.60. The number of nitrogens with one attached hydrogen (secondary N) is 2. The van der Waals surface area contributed by atoms with E-state index < -0.39 is 0 Å². The zero-order valence-corrected chi connectivity index (χ0v) is 15.1. The van der Waals surface area contributed by atoms with Gasteiger partial charge in [0.2, 0.25) is 5.91 Å². The van der Waals surface area contributed by atoms with Gasteiger partial charge < -0.3 is 20.1 Å². The summed E-state index contributed by atoms with van der Waals surface area (Å²) in [5.74, 6) is 1.59. The van der Waals surface area contributed by atoms with E-state index in [2.05, 4.69) is 26.6 Å². The molecule has 128 valence electrons. The number of amides is 1. The monoisotopic (exact) mass is 392 g/mol. The zero-order chi connectivity index (χ0) is 17.2. The normalized spacial score (nSPS) is 10.2. The van der Waals surface area contributed by atoms with Crippen molar-refractivity contribution in [2.45, 2.75) is 6.42 Å². The largest absolute Gasteiger partial charge is 0.497 e. The third-order valence-corrected chi connectivity index (χ3v) is 3.79. The van der Waals surface area contributed by atoms with Crippen LogP contribution >= 0.6 is 15.9 Å². The van der Waals surface area contributed by atoms with E-state index in [-0.39, 0.29) is 5.91 Å². The molecule has 5 nitrogen and oxygen atoms in total. The second-order valence-electron chi connectivity index (χ2n) is 5.08. The smallest absolute Gasteiger partial charge is 0.225 e. The number of carbonyl (C=O) groups excluding carboxylic acids is 1. The number of hydrogen-bond acceptors (Lipinski definition) is 4. The lowest BCUT2D eigenvalue weighted by molar-refractivity contribution is -0.116. The van der Waals surface area contributed by atoms with Gasteiger partial charge in [0.25, 0.3) is 0 Å². The molecule has 2 aromatic rings. The van der Waals surface area contributed by atoms with Gasteiger partial charge in [0.1, 0.15) is 18.1 Å². The minimum absolute atomic E-state index is 0.0131. The lowest BCUT2D eigenvalue weighted by atomic mass is 10.3. The number of anilines is 1. The number of rotatable bonds is 9. The highest BCUT2D eigenvalue weighted by molar-refractivity contribution is 9.10. The molecular weight excluding hydrogens is 372 g/mol. The van der Waals surface area contributed by atoms with Crippen molar-refractivity contribution in [2.24, 2.45) is 0 Å². The fourth-order valence-electron chi connectivity index (χ4n) is 2.00. The Hall–Kier alpha value is -2.05. The number of benzene rings is 2. The van der Waals surface area contributed by atoms with Crippen LogP contribution in [0.4, 0.5) is 5.69 Å². The molecule has 0 aliphatic heterocycles. The van der Waals surface area contributed by atoms with E-state index in [0.29, 0.717) is 26.1 Å². The first-order chi connectivity index (χ1) is 11.7. The quantitative estimate of drug-likeness (QED) is 0.641. The van der Waals surface area contributed by atoms with E-state index in [1.54, 1.807) is 7.11 Å². The summed E-state index contributed by atoms with van der Waals surface area (Å²) in [7, 11) is 1.63. The van der Waals surface area contributed by atoms with Gasteiger partial charge in [-0.25, -0.2) is 0 Å². The fraction of sp³-hybridized carbons (Fsp3) is 0.278. The lowest BCUT2D eigenvalue weighted by Crippen LogP contribution is -2.25. The summed E-state index contributed by atoms with van der Waals surface area (Å²) in [6, 6.07) is 14.9. The highest BCUT2D eigenvalue weighted by Crippen LogP contribution is 2.16. The average molecular weight is 393 g/mol. The van der Waals surface area contributed by atoms with Crippen molar-refractivity contribution < 1.29 is 14.3 Å². The Morgan fingerprint density at radius 3 is 2.33 bits per heavy atom. The van der Waals surface area contributed by atoms with Gasteiger partial charge in [-0.1, -0.05) is 15.9 Å². The van der Waals surface area contributed by atoms with Crippen molar-refractivity contribution in [3.05, 3.63) is 53.0 Å². The Morgan fingerprint density at radius 1 is 1.00 bits per heavy atom. The molecule has 2 rings (SSSR count). The fourth-order valence-corrected chi connectivity index (χ4v) is 2.26. The van der Waals surface area contributed by atoms with Crippen molar-refractivity contribution >= 4 is 27.5 Å². The molecule has 0 bridgehead atoms. The van der Waals surface area contributed by atoms with Crippen LogP contribution in [0.1, 0.15) is 6.42 Å². The second-order valence-corrected chi connectivity index (χ2v) is 5.99. The topological polar surface area (TPSA) is 59.6 Å². The van der Waals surface area contributed by atoms with Crippen LogP contribution in [-0.4, -0.2) is 32.7 Å². The maximum absolute atomic E-state index is 11.8. The van der Waals surface area contributed by atoms with E-state index in [9.17, 15) is 4.79 Å².